The third kappa shape index (κ3) is 4.99. The number of sulfone groups is 1. The molecule has 0 saturated carbocycles. The second-order valence-electron chi connectivity index (χ2n) is 6.19. The fourth-order valence-electron chi connectivity index (χ4n) is 2.55. The molecule has 1 unspecified atom stereocenters. The zero-order chi connectivity index (χ0) is 19.4. The van der Waals surface area contributed by atoms with Crippen molar-refractivity contribution in [2.24, 2.45) is 0 Å². The minimum atomic E-state index is -3.23. The lowest BCUT2D eigenvalue weighted by Gasteiger charge is -2.14. The Morgan fingerprint density at radius 2 is 1.96 bits per heavy atom. The first-order chi connectivity index (χ1) is 12.8. The van der Waals surface area contributed by atoms with Gasteiger partial charge in [0.25, 0.3) is 0 Å². The minimum absolute atomic E-state index is 0.141. The maximum absolute atomic E-state index is 12.3. The van der Waals surface area contributed by atoms with Crippen LogP contribution in [-0.4, -0.2) is 30.5 Å². The second-order valence-corrected chi connectivity index (χ2v) is 9.07. The zero-order valence-corrected chi connectivity index (χ0v) is 16.5. The summed E-state index contributed by atoms with van der Waals surface area (Å²) in [5, 5.41) is 5.61. The highest BCUT2D eigenvalue weighted by atomic mass is 32.2. The smallest absolute Gasteiger partial charge is 0.226 e. The van der Waals surface area contributed by atoms with Gasteiger partial charge in [0, 0.05) is 29.6 Å². The lowest BCUT2D eigenvalue weighted by atomic mass is 10.1. The molecular weight excluding hydrogens is 382 g/mol. The summed E-state index contributed by atoms with van der Waals surface area (Å²) in [5.41, 5.74) is 2.47. The summed E-state index contributed by atoms with van der Waals surface area (Å²) in [6, 6.07) is 10.1. The Morgan fingerprint density at radius 3 is 2.59 bits per heavy atom. The Balaban J connectivity index is 1.61. The molecule has 0 aliphatic heterocycles. The summed E-state index contributed by atoms with van der Waals surface area (Å²) in [6.07, 6.45) is 4.80. The van der Waals surface area contributed by atoms with Crippen LogP contribution >= 0.6 is 11.3 Å². The SMILES string of the molecule is CC(NC(=O)Cc1csc(-c2cccnc2)n1)c1ccc(S(C)(=O)=O)cc1. The number of thiazole rings is 1. The van der Waals surface area contributed by atoms with Crippen molar-refractivity contribution in [1.82, 2.24) is 15.3 Å². The van der Waals surface area contributed by atoms with Gasteiger partial charge in [0.15, 0.2) is 9.84 Å². The van der Waals surface area contributed by atoms with E-state index in [0.717, 1.165) is 16.1 Å². The Hall–Kier alpha value is -2.58. The normalized spacial score (nSPS) is 12.5. The number of carbonyl (C=O) groups is 1. The summed E-state index contributed by atoms with van der Waals surface area (Å²) in [5.74, 6) is -0.141. The van der Waals surface area contributed by atoms with Gasteiger partial charge in [-0.3, -0.25) is 9.78 Å². The maximum Gasteiger partial charge on any atom is 0.226 e. The van der Waals surface area contributed by atoms with E-state index in [1.54, 1.807) is 36.7 Å². The van der Waals surface area contributed by atoms with Crippen LogP contribution in [0.5, 0.6) is 0 Å². The topological polar surface area (TPSA) is 89.0 Å². The number of hydrogen-bond acceptors (Lipinski definition) is 6. The molecule has 2 aromatic heterocycles. The molecule has 1 aromatic carbocycles. The number of aromatic nitrogens is 2. The van der Waals surface area contributed by atoms with Gasteiger partial charge in [0.1, 0.15) is 5.01 Å². The number of benzene rings is 1. The predicted octanol–water partition coefficient (Wildman–Crippen LogP) is 3.03. The lowest BCUT2D eigenvalue weighted by molar-refractivity contribution is -0.121. The van der Waals surface area contributed by atoms with Crippen LogP contribution in [0, 0.1) is 0 Å². The highest BCUT2D eigenvalue weighted by molar-refractivity contribution is 7.90. The van der Waals surface area contributed by atoms with E-state index in [2.05, 4.69) is 15.3 Å². The van der Waals surface area contributed by atoms with Crippen molar-refractivity contribution >= 4 is 27.1 Å². The molecule has 0 bridgehead atoms. The highest BCUT2D eigenvalue weighted by Gasteiger charge is 2.14. The molecule has 0 spiro atoms. The van der Waals surface area contributed by atoms with Crippen molar-refractivity contribution in [3.63, 3.8) is 0 Å². The molecule has 0 aliphatic rings. The Kier molecular flexibility index (Phi) is 5.67. The largest absolute Gasteiger partial charge is 0.349 e. The molecule has 3 aromatic rings. The van der Waals surface area contributed by atoms with Gasteiger partial charge in [-0.05, 0) is 36.8 Å². The fourth-order valence-corrected chi connectivity index (χ4v) is 4.00. The van der Waals surface area contributed by atoms with Crippen LogP contribution in [0.15, 0.2) is 59.1 Å². The molecule has 6 nitrogen and oxygen atoms in total. The van der Waals surface area contributed by atoms with Gasteiger partial charge in [-0.25, -0.2) is 13.4 Å². The standard InChI is InChI=1S/C19H19N3O3S2/c1-13(14-5-7-17(8-6-14)27(2,24)25)21-18(23)10-16-12-26-19(22-16)15-4-3-9-20-11-15/h3-9,11-13H,10H2,1-2H3,(H,21,23). The average molecular weight is 402 g/mol. The molecule has 1 N–H and O–H groups in total. The molecule has 8 heteroatoms. The predicted molar refractivity (Wildman–Crippen MR) is 105 cm³/mol. The Bertz CT molecular complexity index is 1030. The van der Waals surface area contributed by atoms with Crippen molar-refractivity contribution in [2.45, 2.75) is 24.3 Å². The van der Waals surface area contributed by atoms with E-state index >= 15 is 0 Å². The first-order valence-corrected chi connectivity index (χ1v) is 11.0. The molecule has 0 saturated heterocycles. The van der Waals surface area contributed by atoms with E-state index in [0.29, 0.717) is 5.69 Å². The molecule has 3 rings (SSSR count). The summed E-state index contributed by atoms with van der Waals surface area (Å²) in [6.45, 7) is 1.86. The number of pyridine rings is 1. The third-order valence-corrected chi connectivity index (χ3v) is 6.06. The van der Waals surface area contributed by atoms with Crippen LogP contribution < -0.4 is 5.32 Å². The average Bonchev–Trinajstić information content (AvgIpc) is 3.10. The Morgan fingerprint density at radius 1 is 1.22 bits per heavy atom. The summed E-state index contributed by atoms with van der Waals surface area (Å²) in [7, 11) is -3.23. The van der Waals surface area contributed by atoms with Gasteiger partial charge in [-0.15, -0.1) is 11.3 Å². The van der Waals surface area contributed by atoms with Crippen LogP contribution in [0.25, 0.3) is 10.6 Å². The molecule has 2 heterocycles. The molecule has 0 fully saturated rings. The number of nitrogens with zero attached hydrogens (tertiary/aromatic N) is 2. The first kappa shape index (κ1) is 19.2. The van der Waals surface area contributed by atoms with E-state index in [1.165, 1.54) is 17.6 Å². The van der Waals surface area contributed by atoms with Gasteiger partial charge in [0.2, 0.25) is 5.91 Å². The zero-order valence-electron chi connectivity index (χ0n) is 14.9. The van der Waals surface area contributed by atoms with E-state index in [1.807, 2.05) is 24.4 Å². The summed E-state index contributed by atoms with van der Waals surface area (Å²) in [4.78, 5) is 21.1. The summed E-state index contributed by atoms with van der Waals surface area (Å²) >= 11 is 1.48. The van der Waals surface area contributed by atoms with Crippen molar-refractivity contribution in [3.8, 4) is 10.6 Å². The number of carbonyl (C=O) groups excluding carboxylic acids is 1. The molecule has 27 heavy (non-hydrogen) atoms. The van der Waals surface area contributed by atoms with Gasteiger partial charge >= 0.3 is 0 Å². The van der Waals surface area contributed by atoms with Crippen LogP contribution in [-0.2, 0) is 21.1 Å². The second kappa shape index (κ2) is 7.98. The van der Waals surface area contributed by atoms with Crippen molar-refractivity contribution < 1.29 is 13.2 Å². The van der Waals surface area contributed by atoms with Crippen LogP contribution in [0.4, 0.5) is 0 Å². The molecular formula is C19H19N3O3S2. The number of amides is 1. The lowest BCUT2D eigenvalue weighted by Crippen LogP contribution is -2.28. The van der Waals surface area contributed by atoms with E-state index < -0.39 is 9.84 Å². The van der Waals surface area contributed by atoms with E-state index in [-0.39, 0.29) is 23.3 Å². The van der Waals surface area contributed by atoms with Gasteiger partial charge in [-0.1, -0.05) is 12.1 Å². The van der Waals surface area contributed by atoms with Crippen molar-refractivity contribution in [3.05, 3.63) is 65.4 Å². The van der Waals surface area contributed by atoms with Crippen molar-refractivity contribution in [1.29, 1.82) is 0 Å². The molecule has 0 radical (unpaired) electrons. The number of nitrogens with one attached hydrogen (secondary N) is 1. The molecule has 1 atom stereocenters. The van der Waals surface area contributed by atoms with Crippen molar-refractivity contribution in [2.75, 3.05) is 6.26 Å². The molecule has 0 aliphatic carbocycles. The molecule has 140 valence electrons. The summed E-state index contributed by atoms with van der Waals surface area (Å²) < 4.78 is 23.0. The first-order valence-electron chi connectivity index (χ1n) is 8.27. The van der Waals surface area contributed by atoms with Gasteiger partial charge in [0.05, 0.1) is 23.1 Å². The minimum Gasteiger partial charge on any atom is -0.349 e. The molecule has 1 amide bonds. The Labute approximate surface area is 162 Å². The van der Waals surface area contributed by atoms with Gasteiger partial charge in [-0.2, -0.15) is 0 Å². The number of rotatable bonds is 6. The van der Waals surface area contributed by atoms with E-state index in [9.17, 15) is 13.2 Å². The van der Waals surface area contributed by atoms with Gasteiger partial charge < -0.3 is 5.32 Å². The fraction of sp³-hybridized carbons (Fsp3) is 0.211. The number of hydrogen-bond donors (Lipinski definition) is 1. The highest BCUT2D eigenvalue weighted by Crippen LogP contribution is 2.23. The van der Waals surface area contributed by atoms with Crippen LogP contribution in [0.3, 0.4) is 0 Å². The maximum atomic E-state index is 12.3. The van der Waals surface area contributed by atoms with E-state index in [4.69, 9.17) is 0 Å². The van der Waals surface area contributed by atoms with Crippen LogP contribution in [0.2, 0.25) is 0 Å². The third-order valence-electron chi connectivity index (χ3n) is 3.99. The monoisotopic (exact) mass is 401 g/mol. The quantitative estimate of drug-likeness (QED) is 0.686. The van der Waals surface area contributed by atoms with Crippen LogP contribution in [0.1, 0.15) is 24.2 Å².